The first-order chi connectivity index (χ1) is 11.2. The zero-order chi connectivity index (χ0) is 16.2. The van der Waals surface area contributed by atoms with Gasteiger partial charge in [-0.2, -0.15) is 0 Å². The molecule has 0 spiro atoms. The van der Waals surface area contributed by atoms with E-state index in [-0.39, 0.29) is 5.56 Å². The van der Waals surface area contributed by atoms with Crippen molar-refractivity contribution in [3.63, 3.8) is 0 Å². The number of rotatable bonds is 7. The molecular formula is C19H23NO3. The monoisotopic (exact) mass is 313 g/mol. The van der Waals surface area contributed by atoms with Gasteiger partial charge in [0.05, 0.1) is 17.7 Å². The molecule has 1 fully saturated rings. The number of carbonyl (C=O) groups is 1. The number of carbonyl (C=O) groups excluding carboxylic acids is 1. The molecule has 0 amide bonds. The van der Waals surface area contributed by atoms with Crippen LogP contribution < -0.4 is 10.3 Å². The van der Waals surface area contributed by atoms with Crippen molar-refractivity contribution in [2.45, 2.75) is 45.4 Å². The largest absolute Gasteiger partial charge is 0.492 e. The third-order valence-electron chi connectivity index (χ3n) is 4.72. The Morgan fingerprint density at radius 2 is 2.17 bits per heavy atom. The third-order valence-corrected chi connectivity index (χ3v) is 4.72. The SMILES string of the molecule is CCCCc1cc(=O)[nH]c2c(C=O)c(OCC3CCC3)ccc12. The number of unbranched alkanes of at least 4 members (excludes halogenated alkanes) is 1. The van der Waals surface area contributed by atoms with Crippen LogP contribution in [0.2, 0.25) is 0 Å². The number of aldehydes is 1. The minimum absolute atomic E-state index is 0.164. The molecule has 4 heteroatoms. The van der Waals surface area contributed by atoms with E-state index in [9.17, 15) is 9.59 Å². The Balaban J connectivity index is 1.99. The van der Waals surface area contributed by atoms with E-state index >= 15 is 0 Å². The molecular weight excluding hydrogens is 290 g/mol. The zero-order valence-corrected chi connectivity index (χ0v) is 13.6. The van der Waals surface area contributed by atoms with E-state index in [0.717, 1.165) is 36.5 Å². The van der Waals surface area contributed by atoms with Gasteiger partial charge in [0.1, 0.15) is 5.75 Å². The van der Waals surface area contributed by atoms with Gasteiger partial charge in [-0.05, 0) is 49.3 Å². The predicted molar refractivity (Wildman–Crippen MR) is 91.4 cm³/mol. The number of aryl methyl sites for hydroxylation is 1. The van der Waals surface area contributed by atoms with Crippen molar-refractivity contribution in [3.05, 3.63) is 39.7 Å². The van der Waals surface area contributed by atoms with Crippen LogP contribution in [0.4, 0.5) is 0 Å². The standard InChI is InChI=1S/C19H23NO3/c1-2-3-7-14-10-18(22)20-19-15(14)8-9-17(16(19)11-21)23-12-13-5-4-6-13/h8-11,13H,2-7,12H2,1H3,(H,20,22). The summed E-state index contributed by atoms with van der Waals surface area (Å²) >= 11 is 0. The van der Waals surface area contributed by atoms with E-state index in [0.29, 0.717) is 29.4 Å². The number of benzene rings is 1. The molecule has 122 valence electrons. The van der Waals surface area contributed by atoms with E-state index in [4.69, 9.17) is 4.74 Å². The van der Waals surface area contributed by atoms with Gasteiger partial charge in [-0.1, -0.05) is 19.8 Å². The van der Waals surface area contributed by atoms with Gasteiger partial charge in [0.25, 0.3) is 0 Å². The minimum atomic E-state index is -0.164. The summed E-state index contributed by atoms with van der Waals surface area (Å²) in [5.41, 5.74) is 1.89. The lowest BCUT2D eigenvalue weighted by Crippen LogP contribution is -2.19. The zero-order valence-electron chi connectivity index (χ0n) is 13.6. The van der Waals surface area contributed by atoms with Crippen LogP contribution in [0, 0.1) is 5.92 Å². The summed E-state index contributed by atoms with van der Waals surface area (Å²) in [5.74, 6) is 1.17. The molecule has 2 aromatic rings. The van der Waals surface area contributed by atoms with Gasteiger partial charge in [-0.3, -0.25) is 9.59 Å². The van der Waals surface area contributed by atoms with Gasteiger partial charge in [0.2, 0.25) is 5.56 Å². The Bertz CT molecular complexity index is 759. The number of hydrogen-bond donors (Lipinski definition) is 1. The number of pyridine rings is 1. The van der Waals surface area contributed by atoms with Gasteiger partial charge < -0.3 is 9.72 Å². The molecule has 1 aromatic heterocycles. The number of fused-ring (bicyclic) bond motifs is 1. The molecule has 1 aliphatic rings. The van der Waals surface area contributed by atoms with Crippen molar-refractivity contribution in [2.75, 3.05) is 6.61 Å². The van der Waals surface area contributed by atoms with Crippen molar-refractivity contribution in [3.8, 4) is 5.75 Å². The van der Waals surface area contributed by atoms with Crippen LogP contribution in [0.15, 0.2) is 23.0 Å². The molecule has 1 N–H and O–H groups in total. The second-order valence-electron chi connectivity index (χ2n) is 6.39. The minimum Gasteiger partial charge on any atom is -0.492 e. The summed E-state index contributed by atoms with van der Waals surface area (Å²) in [6.07, 6.45) is 7.38. The first-order valence-corrected chi connectivity index (χ1v) is 8.49. The average molecular weight is 313 g/mol. The number of aromatic nitrogens is 1. The Hall–Kier alpha value is -2.10. The summed E-state index contributed by atoms with van der Waals surface area (Å²) in [6, 6.07) is 5.46. The Labute approximate surface area is 135 Å². The van der Waals surface area contributed by atoms with Crippen molar-refractivity contribution in [1.82, 2.24) is 4.98 Å². The highest BCUT2D eigenvalue weighted by Gasteiger charge is 2.19. The first-order valence-electron chi connectivity index (χ1n) is 8.49. The van der Waals surface area contributed by atoms with Gasteiger partial charge in [0, 0.05) is 11.5 Å². The first kappa shape index (κ1) is 15.8. The molecule has 0 atom stereocenters. The van der Waals surface area contributed by atoms with E-state index in [1.165, 1.54) is 19.3 Å². The molecule has 0 bridgehead atoms. The molecule has 3 rings (SSSR count). The fourth-order valence-corrected chi connectivity index (χ4v) is 3.08. The summed E-state index contributed by atoms with van der Waals surface area (Å²) < 4.78 is 5.85. The number of aromatic amines is 1. The summed E-state index contributed by atoms with van der Waals surface area (Å²) in [4.78, 5) is 26.4. The molecule has 1 aromatic carbocycles. The molecule has 0 unspecified atom stereocenters. The fourth-order valence-electron chi connectivity index (χ4n) is 3.08. The molecule has 0 aliphatic heterocycles. The molecule has 1 saturated carbocycles. The molecule has 1 heterocycles. The maximum atomic E-state index is 12.0. The molecule has 4 nitrogen and oxygen atoms in total. The molecule has 0 saturated heterocycles. The second kappa shape index (κ2) is 6.99. The summed E-state index contributed by atoms with van der Waals surface area (Å²) in [7, 11) is 0. The smallest absolute Gasteiger partial charge is 0.248 e. The fraction of sp³-hybridized carbons (Fsp3) is 0.474. The number of nitrogens with one attached hydrogen (secondary N) is 1. The Morgan fingerprint density at radius 1 is 1.35 bits per heavy atom. The van der Waals surface area contributed by atoms with Crippen molar-refractivity contribution in [1.29, 1.82) is 0 Å². The third kappa shape index (κ3) is 3.31. The van der Waals surface area contributed by atoms with Crippen LogP contribution >= 0.6 is 0 Å². The molecule has 1 aliphatic carbocycles. The van der Waals surface area contributed by atoms with Crippen LogP contribution in [0.1, 0.15) is 54.9 Å². The van der Waals surface area contributed by atoms with E-state index in [1.807, 2.05) is 12.1 Å². The number of ether oxygens (including phenoxy) is 1. The summed E-state index contributed by atoms with van der Waals surface area (Å²) in [6.45, 7) is 2.77. The highest BCUT2D eigenvalue weighted by atomic mass is 16.5. The van der Waals surface area contributed by atoms with Crippen molar-refractivity contribution in [2.24, 2.45) is 5.92 Å². The molecule has 23 heavy (non-hydrogen) atoms. The maximum absolute atomic E-state index is 12.0. The number of hydrogen-bond acceptors (Lipinski definition) is 3. The van der Waals surface area contributed by atoms with Crippen LogP contribution in [0.3, 0.4) is 0 Å². The van der Waals surface area contributed by atoms with Gasteiger partial charge in [0.15, 0.2) is 6.29 Å². The van der Waals surface area contributed by atoms with Gasteiger partial charge >= 0.3 is 0 Å². The van der Waals surface area contributed by atoms with Gasteiger partial charge in [-0.15, -0.1) is 0 Å². The van der Waals surface area contributed by atoms with E-state index in [1.54, 1.807) is 6.07 Å². The molecule has 0 radical (unpaired) electrons. The summed E-state index contributed by atoms with van der Waals surface area (Å²) in [5, 5.41) is 0.941. The quantitative estimate of drug-likeness (QED) is 0.790. The van der Waals surface area contributed by atoms with Crippen molar-refractivity contribution >= 4 is 17.2 Å². The lowest BCUT2D eigenvalue weighted by atomic mass is 9.86. The normalized spacial score (nSPS) is 14.7. The second-order valence-corrected chi connectivity index (χ2v) is 6.39. The topological polar surface area (TPSA) is 59.2 Å². The van der Waals surface area contributed by atoms with Crippen LogP contribution in [0.25, 0.3) is 10.9 Å². The van der Waals surface area contributed by atoms with Crippen LogP contribution in [-0.4, -0.2) is 17.9 Å². The number of H-pyrrole nitrogens is 1. The Kier molecular flexibility index (Phi) is 4.79. The van der Waals surface area contributed by atoms with Gasteiger partial charge in [-0.25, -0.2) is 0 Å². The predicted octanol–water partition coefficient (Wildman–Crippen LogP) is 3.86. The lowest BCUT2D eigenvalue weighted by molar-refractivity contribution is 0.111. The lowest BCUT2D eigenvalue weighted by Gasteiger charge is -2.25. The van der Waals surface area contributed by atoms with Crippen LogP contribution in [0.5, 0.6) is 5.75 Å². The maximum Gasteiger partial charge on any atom is 0.248 e. The van der Waals surface area contributed by atoms with E-state index < -0.39 is 0 Å². The van der Waals surface area contributed by atoms with Crippen molar-refractivity contribution < 1.29 is 9.53 Å². The Morgan fingerprint density at radius 3 is 2.83 bits per heavy atom. The van der Waals surface area contributed by atoms with E-state index in [2.05, 4.69) is 11.9 Å². The highest BCUT2D eigenvalue weighted by Crippen LogP contribution is 2.30. The highest BCUT2D eigenvalue weighted by molar-refractivity contribution is 5.99. The average Bonchev–Trinajstić information content (AvgIpc) is 2.50. The van der Waals surface area contributed by atoms with Crippen LogP contribution in [-0.2, 0) is 6.42 Å².